The van der Waals surface area contributed by atoms with Gasteiger partial charge in [-0.3, -0.25) is 11.3 Å². The van der Waals surface area contributed by atoms with Gasteiger partial charge in [0.2, 0.25) is 0 Å². The number of halogens is 5. The van der Waals surface area contributed by atoms with E-state index in [0.717, 1.165) is 17.7 Å². The summed E-state index contributed by atoms with van der Waals surface area (Å²) in [5.41, 5.74) is 3.04. The van der Waals surface area contributed by atoms with E-state index >= 15 is 0 Å². The molecule has 2 rings (SSSR count). The highest BCUT2D eigenvalue weighted by Gasteiger charge is 2.20. The van der Waals surface area contributed by atoms with Crippen LogP contribution >= 0.6 is 23.2 Å². The predicted molar refractivity (Wildman–Crippen MR) is 76.5 cm³/mol. The fraction of sp³-hybridized carbons (Fsp3) is 0.143. The van der Waals surface area contributed by atoms with Gasteiger partial charge in [-0.15, -0.1) is 0 Å². The van der Waals surface area contributed by atoms with Gasteiger partial charge in [-0.05, 0) is 30.2 Å². The van der Waals surface area contributed by atoms with Crippen LogP contribution in [0, 0.1) is 17.5 Å². The molecule has 0 spiro atoms. The lowest BCUT2D eigenvalue weighted by molar-refractivity contribution is 0.425. The third kappa shape index (κ3) is 3.49. The van der Waals surface area contributed by atoms with E-state index in [4.69, 9.17) is 29.0 Å². The summed E-state index contributed by atoms with van der Waals surface area (Å²) in [4.78, 5) is 0. The molecule has 7 heteroatoms. The largest absolute Gasteiger partial charge is 0.271 e. The Morgan fingerprint density at radius 1 is 1.00 bits per heavy atom. The lowest BCUT2D eigenvalue weighted by Gasteiger charge is -2.18. The molecule has 0 saturated heterocycles. The Labute approximate surface area is 129 Å². The molecular formula is C14H11Cl2F3N2. The molecule has 0 aliphatic heterocycles. The summed E-state index contributed by atoms with van der Waals surface area (Å²) in [6, 6.07) is 6.15. The van der Waals surface area contributed by atoms with Crippen LogP contribution in [0.15, 0.2) is 30.3 Å². The predicted octanol–water partition coefficient (Wildman–Crippen LogP) is 4.16. The number of benzene rings is 2. The number of hydrogen-bond donors (Lipinski definition) is 2. The van der Waals surface area contributed by atoms with Crippen LogP contribution in [0.25, 0.3) is 0 Å². The molecule has 0 heterocycles. The molecule has 1 atom stereocenters. The molecule has 112 valence electrons. The summed E-state index contributed by atoms with van der Waals surface area (Å²) in [6.07, 6.45) is 0.232. The first-order valence-corrected chi connectivity index (χ1v) is 6.73. The maximum Gasteiger partial charge on any atom is 0.194 e. The fourth-order valence-electron chi connectivity index (χ4n) is 1.97. The van der Waals surface area contributed by atoms with E-state index in [0.29, 0.717) is 10.0 Å². The Kier molecular flexibility index (Phi) is 5.11. The van der Waals surface area contributed by atoms with Crippen molar-refractivity contribution in [2.24, 2.45) is 5.84 Å². The van der Waals surface area contributed by atoms with Gasteiger partial charge in [0.25, 0.3) is 0 Å². The van der Waals surface area contributed by atoms with E-state index in [1.165, 1.54) is 0 Å². The molecule has 1 unspecified atom stereocenters. The van der Waals surface area contributed by atoms with E-state index in [2.05, 4.69) is 5.43 Å². The number of rotatable bonds is 4. The summed E-state index contributed by atoms with van der Waals surface area (Å²) in [5.74, 6) is 1.35. The number of nitrogens with one attached hydrogen (secondary N) is 1. The van der Waals surface area contributed by atoms with Crippen LogP contribution in [0.4, 0.5) is 13.2 Å². The SMILES string of the molecule is NNC(Cc1ccc(Cl)c(Cl)c1)c1ccc(F)c(F)c1F. The second-order valence-electron chi connectivity index (χ2n) is 4.44. The van der Waals surface area contributed by atoms with Crippen LogP contribution in [-0.2, 0) is 6.42 Å². The molecule has 0 aliphatic rings. The van der Waals surface area contributed by atoms with Crippen molar-refractivity contribution in [1.29, 1.82) is 0 Å². The highest BCUT2D eigenvalue weighted by molar-refractivity contribution is 6.42. The monoisotopic (exact) mass is 334 g/mol. The minimum absolute atomic E-state index is 0.0672. The Morgan fingerprint density at radius 3 is 2.33 bits per heavy atom. The first-order valence-electron chi connectivity index (χ1n) is 5.97. The summed E-state index contributed by atoms with van der Waals surface area (Å²) in [7, 11) is 0. The first kappa shape index (κ1) is 16.1. The standard InChI is InChI=1S/C14H11Cl2F3N2/c15-9-3-1-7(5-10(9)16)6-12(21-20)8-2-4-11(17)14(19)13(8)18/h1-5,12,21H,6,20H2. The lowest BCUT2D eigenvalue weighted by Crippen LogP contribution is -2.30. The summed E-state index contributed by atoms with van der Waals surface area (Å²) in [6.45, 7) is 0. The number of hydrazine groups is 1. The van der Waals surface area contributed by atoms with Crippen molar-refractivity contribution in [3.8, 4) is 0 Å². The summed E-state index contributed by atoms with van der Waals surface area (Å²) < 4.78 is 40.0. The zero-order chi connectivity index (χ0) is 15.6. The van der Waals surface area contributed by atoms with Crippen molar-refractivity contribution in [3.05, 3.63) is 69.0 Å². The van der Waals surface area contributed by atoms with E-state index in [-0.39, 0.29) is 12.0 Å². The van der Waals surface area contributed by atoms with Gasteiger partial charge in [0.1, 0.15) is 0 Å². The molecule has 21 heavy (non-hydrogen) atoms. The van der Waals surface area contributed by atoms with Crippen LogP contribution < -0.4 is 11.3 Å². The van der Waals surface area contributed by atoms with Crippen molar-refractivity contribution in [3.63, 3.8) is 0 Å². The molecule has 0 bridgehead atoms. The van der Waals surface area contributed by atoms with E-state index in [1.54, 1.807) is 18.2 Å². The zero-order valence-corrected chi connectivity index (χ0v) is 12.2. The van der Waals surface area contributed by atoms with Crippen molar-refractivity contribution in [2.75, 3.05) is 0 Å². The van der Waals surface area contributed by atoms with Gasteiger partial charge < -0.3 is 0 Å². The minimum Gasteiger partial charge on any atom is -0.271 e. The second-order valence-corrected chi connectivity index (χ2v) is 5.25. The van der Waals surface area contributed by atoms with Crippen LogP contribution in [0.2, 0.25) is 10.0 Å². The maximum absolute atomic E-state index is 13.8. The van der Waals surface area contributed by atoms with Gasteiger partial charge in [-0.1, -0.05) is 35.3 Å². The average molecular weight is 335 g/mol. The second kappa shape index (κ2) is 6.66. The first-order chi connectivity index (χ1) is 9.93. The smallest absolute Gasteiger partial charge is 0.194 e. The van der Waals surface area contributed by atoms with Gasteiger partial charge in [0.15, 0.2) is 17.5 Å². The highest BCUT2D eigenvalue weighted by atomic mass is 35.5. The van der Waals surface area contributed by atoms with E-state index in [1.807, 2.05) is 0 Å². The molecule has 0 saturated carbocycles. The fourth-order valence-corrected chi connectivity index (χ4v) is 2.29. The van der Waals surface area contributed by atoms with Crippen LogP contribution in [-0.4, -0.2) is 0 Å². The normalized spacial score (nSPS) is 12.5. The minimum atomic E-state index is -1.53. The molecule has 0 radical (unpaired) electrons. The Hall–Kier alpha value is -1.27. The topological polar surface area (TPSA) is 38.0 Å². The van der Waals surface area contributed by atoms with Gasteiger partial charge in [0, 0.05) is 5.56 Å². The number of nitrogens with two attached hydrogens (primary N) is 1. The van der Waals surface area contributed by atoms with Crippen LogP contribution in [0.1, 0.15) is 17.2 Å². The summed E-state index contributed by atoms with van der Waals surface area (Å²) >= 11 is 11.7. The third-order valence-electron chi connectivity index (χ3n) is 3.07. The molecule has 0 fully saturated rings. The molecule has 2 aromatic rings. The van der Waals surface area contributed by atoms with E-state index in [9.17, 15) is 13.2 Å². The van der Waals surface area contributed by atoms with Gasteiger partial charge >= 0.3 is 0 Å². The Bertz CT molecular complexity index is 665. The molecular weight excluding hydrogens is 324 g/mol. The quantitative estimate of drug-likeness (QED) is 0.500. The molecule has 0 aliphatic carbocycles. The van der Waals surface area contributed by atoms with Crippen LogP contribution in [0.3, 0.4) is 0 Å². The average Bonchev–Trinajstić information content (AvgIpc) is 2.47. The zero-order valence-electron chi connectivity index (χ0n) is 10.6. The van der Waals surface area contributed by atoms with Gasteiger partial charge in [-0.2, -0.15) is 0 Å². The molecule has 2 nitrogen and oxygen atoms in total. The van der Waals surface area contributed by atoms with Crippen molar-refractivity contribution in [1.82, 2.24) is 5.43 Å². The van der Waals surface area contributed by atoms with Crippen molar-refractivity contribution >= 4 is 23.2 Å². The Morgan fingerprint density at radius 2 is 1.71 bits per heavy atom. The molecule has 0 aromatic heterocycles. The number of hydrogen-bond acceptors (Lipinski definition) is 2. The molecule has 0 amide bonds. The lowest BCUT2D eigenvalue weighted by atomic mass is 9.98. The van der Waals surface area contributed by atoms with Crippen molar-refractivity contribution < 1.29 is 13.2 Å². The van der Waals surface area contributed by atoms with Crippen molar-refractivity contribution in [2.45, 2.75) is 12.5 Å². The molecule has 3 N–H and O–H groups in total. The van der Waals surface area contributed by atoms with Crippen LogP contribution in [0.5, 0.6) is 0 Å². The maximum atomic E-state index is 13.8. The molecule has 2 aromatic carbocycles. The highest BCUT2D eigenvalue weighted by Crippen LogP contribution is 2.27. The summed E-state index contributed by atoms with van der Waals surface area (Å²) in [5, 5.41) is 0.729. The Balaban J connectivity index is 2.32. The van der Waals surface area contributed by atoms with Gasteiger partial charge in [0.05, 0.1) is 16.1 Å². The third-order valence-corrected chi connectivity index (χ3v) is 3.80. The van der Waals surface area contributed by atoms with E-state index < -0.39 is 23.5 Å². The van der Waals surface area contributed by atoms with Gasteiger partial charge in [-0.25, -0.2) is 13.2 Å².